The summed E-state index contributed by atoms with van der Waals surface area (Å²) < 4.78 is 0. The topological polar surface area (TPSA) is 66.9 Å². The van der Waals surface area contributed by atoms with Crippen LogP contribution >= 0.6 is 0 Å². The molecule has 2 aromatic rings. The van der Waals surface area contributed by atoms with Gasteiger partial charge in [0.05, 0.1) is 0 Å². The van der Waals surface area contributed by atoms with Crippen LogP contribution in [-0.4, -0.2) is 22.4 Å². The summed E-state index contributed by atoms with van der Waals surface area (Å²) in [5, 5.41) is 6.27. The number of amides is 1. The summed E-state index contributed by atoms with van der Waals surface area (Å²) in [5.41, 5.74) is 4.27. The highest BCUT2D eigenvalue weighted by molar-refractivity contribution is 5.92. The third kappa shape index (κ3) is 5.91. The molecule has 0 saturated heterocycles. The fourth-order valence-electron chi connectivity index (χ4n) is 3.23. The zero-order valence-corrected chi connectivity index (χ0v) is 16.2. The third-order valence-electron chi connectivity index (χ3n) is 4.78. The summed E-state index contributed by atoms with van der Waals surface area (Å²) in [6, 6.07) is 10.1. The van der Waals surface area contributed by atoms with Crippen LogP contribution in [0.3, 0.4) is 0 Å². The van der Waals surface area contributed by atoms with Gasteiger partial charge in [0, 0.05) is 19.2 Å². The van der Waals surface area contributed by atoms with E-state index in [0.717, 1.165) is 12.8 Å². The van der Waals surface area contributed by atoms with Gasteiger partial charge in [-0.25, -0.2) is 9.97 Å². The van der Waals surface area contributed by atoms with E-state index in [9.17, 15) is 4.79 Å². The molecule has 0 fully saturated rings. The summed E-state index contributed by atoms with van der Waals surface area (Å²) >= 11 is 0. The van der Waals surface area contributed by atoms with Gasteiger partial charge in [-0.05, 0) is 51.5 Å². The highest BCUT2D eigenvalue weighted by Crippen LogP contribution is 2.19. The van der Waals surface area contributed by atoms with Gasteiger partial charge in [0.25, 0.3) is 5.91 Å². The Balaban J connectivity index is 1.55. The summed E-state index contributed by atoms with van der Waals surface area (Å²) in [6.07, 6.45) is 8.13. The van der Waals surface area contributed by atoms with E-state index in [1.165, 1.54) is 36.0 Å². The van der Waals surface area contributed by atoms with Crippen molar-refractivity contribution in [3.63, 3.8) is 0 Å². The highest BCUT2D eigenvalue weighted by atomic mass is 16.1. The maximum absolute atomic E-state index is 12.5. The first-order valence-corrected chi connectivity index (χ1v) is 9.71. The molecule has 0 spiro atoms. The first kappa shape index (κ1) is 19.1. The van der Waals surface area contributed by atoms with Crippen LogP contribution in [0.5, 0.6) is 0 Å². The van der Waals surface area contributed by atoms with Crippen molar-refractivity contribution in [2.24, 2.45) is 0 Å². The number of carbonyl (C=O) groups excluding carboxylic acids is 1. The number of benzene rings is 1. The lowest BCUT2D eigenvalue weighted by Crippen LogP contribution is -2.26. The van der Waals surface area contributed by atoms with E-state index in [2.05, 4.69) is 57.9 Å². The van der Waals surface area contributed by atoms with E-state index in [1.807, 2.05) is 0 Å². The van der Waals surface area contributed by atoms with Gasteiger partial charge in [-0.2, -0.15) is 0 Å². The number of rotatable bonds is 7. The summed E-state index contributed by atoms with van der Waals surface area (Å²) in [4.78, 5) is 21.1. The average molecular weight is 364 g/mol. The molecule has 1 aliphatic carbocycles. The average Bonchev–Trinajstić information content (AvgIpc) is 2.68. The minimum absolute atomic E-state index is 0.143. The Morgan fingerprint density at radius 1 is 1.11 bits per heavy atom. The van der Waals surface area contributed by atoms with E-state index >= 15 is 0 Å². The lowest BCUT2D eigenvalue weighted by molar-refractivity contribution is 0.0948. The van der Waals surface area contributed by atoms with Crippen LogP contribution < -0.4 is 10.6 Å². The monoisotopic (exact) mass is 364 g/mol. The SMILES string of the molecule is Cc1ccc(CNc2cc(C(=O)NCCC3=CCCCC3)nc(C)n2)cc1. The van der Waals surface area contributed by atoms with Crippen LogP contribution in [0.2, 0.25) is 0 Å². The molecule has 1 amide bonds. The Labute approximate surface area is 161 Å². The number of hydrogen-bond acceptors (Lipinski definition) is 4. The predicted molar refractivity (Wildman–Crippen MR) is 109 cm³/mol. The van der Waals surface area contributed by atoms with Crippen LogP contribution in [0.1, 0.15) is 59.5 Å². The number of aryl methyl sites for hydroxylation is 2. The van der Waals surface area contributed by atoms with Crippen molar-refractivity contribution in [2.45, 2.75) is 52.5 Å². The number of carbonyl (C=O) groups is 1. The fraction of sp³-hybridized carbons (Fsp3) is 0.409. The van der Waals surface area contributed by atoms with Gasteiger partial charge in [-0.3, -0.25) is 4.79 Å². The first-order chi connectivity index (χ1) is 13.1. The molecular weight excluding hydrogens is 336 g/mol. The molecule has 1 aromatic heterocycles. The number of nitrogens with zero attached hydrogens (tertiary/aromatic N) is 2. The molecule has 1 aromatic carbocycles. The Kier molecular flexibility index (Phi) is 6.58. The molecule has 0 bridgehead atoms. The largest absolute Gasteiger partial charge is 0.366 e. The normalized spacial score (nSPS) is 13.8. The van der Waals surface area contributed by atoms with Crippen LogP contribution in [0.25, 0.3) is 0 Å². The zero-order valence-electron chi connectivity index (χ0n) is 16.2. The lowest BCUT2D eigenvalue weighted by Gasteiger charge is -2.13. The molecule has 0 unspecified atom stereocenters. The quantitative estimate of drug-likeness (QED) is 0.718. The second kappa shape index (κ2) is 9.31. The minimum Gasteiger partial charge on any atom is -0.366 e. The van der Waals surface area contributed by atoms with Gasteiger partial charge in [-0.1, -0.05) is 41.5 Å². The molecule has 1 heterocycles. The Bertz CT molecular complexity index is 812. The van der Waals surface area contributed by atoms with E-state index in [4.69, 9.17) is 0 Å². The molecule has 5 nitrogen and oxygen atoms in total. The molecular formula is C22H28N4O. The standard InChI is InChI=1S/C22H28N4O/c1-16-8-10-19(11-9-16)15-24-21-14-20(25-17(2)26-21)22(27)23-13-12-18-6-4-3-5-7-18/h6,8-11,14H,3-5,7,12-13,15H2,1-2H3,(H,23,27)(H,24,25,26). The Hall–Kier alpha value is -2.69. The van der Waals surface area contributed by atoms with Crippen LogP contribution in [0, 0.1) is 13.8 Å². The third-order valence-corrected chi connectivity index (χ3v) is 4.78. The van der Waals surface area contributed by atoms with Crippen molar-refractivity contribution >= 4 is 11.7 Å². The predicted octanol–water partition coefficient (Wildman–Crippen LogP) is 4.33. The van der Waals surface area contributed by atoms with Crippen molar-refractivity contribution in [1.29, 1.82) is 0 Å². The van der Waals surface area contributed by atoms with Gasteiger partial charge in [-0.15, -0.1) is 0 Å². The Morgan fingerprint density at radius 2 is 1.93 bits per heavy atom. The number of hydrogen-bond donors (Lipinski definition) is 2. The molecule has 2 N–H and O–H groups in total. The zero-order chi connectivity index (χ0) is 19.1. The van der Waals surface area contributed by atoms with Gasteiger partial charge in [0.15, 0.2) is 0 Å². The van der Waals surface area contributed by atoms with Crippen molar-refractivity contribution < 1.29 is 4.79 Å². The van der Waals surface area contributed by atoms with Crippen molar-refractivity contribution in [3.05, 3.63) is 64.6 Å². The van der Waals surface area contributed by atoms with Crippen LogP contribution in [0.4, 0.5) is 5.82 Å². The molecule has 0 radical (unpaired) electrons. The van der Waals surface area contributed by atoms with Crippen LogP contribution in [-0.2, 0) is 6.54 Å². The van der Waals surface area contributed by atoms with Crippen LogP contribution in [0.15, 0.2) is 42.0 Å². The molecule has 0 atom stereocenters. The molecule has 142 valence electrons. The fourth-order valence-corrected chi connectivity index (χ4v) is 3.23. The second-order valence-corrected chi connectivity index (χ2v) is 7.14. The summed E-state index contributed by atoms with van der Waals surface area (Å²) in [6.45, 7) is 5.19. The molecule has 5 heteroatoms. The number of nitrogens with one attached hydrogen (secondary N) is 2. The van der Waals surface area contributed by atoms with Crippen molar-refractivity contribution in [3.8, 4) is 0 Å². The van der Waals surface area contributed by atoms with E-state index in [1.54, 1.807) is 13.0 Å². The maximum Gasteiger partial charge on any atom is 0.270 e. The molecule has 0 aliphatic heterocycles. The molecule has 27 heavy (non-hydrogen) atoms. The number of allylic oxidation sites excluding steroid dienone is 1. The van der Waals surface area contributed by atoms with Gasteiger partial charge >= 0.3 is 0 Å². The summed E-state index contributed by atoms with van der Waals surface area (Å²) in [7, 11) is 0. The minimum atomic E-state index is -0.143. The Morgan fingerprint density at radius 3 is 2.67 bits per heavy atom. The van der Waals surface area contributed by atoms with Gasteiger partial charge < -0.3 is 10.6 Å². The van der Waals surface area contributed by atoms with E-state index in [-0.39, 0.29) is 5.91 Å². The number of anilines is 1. The van der Waals surface area contributed by atoms with Gasteiger partial charge in [0.2, 0.25) is 0 Å². The van der Waals surface area contributed by atoms with E-state index < -0.39 is 0 Å². The van der Waals surface area contributed by atoms with Crippen molar-refractivity contribution in [1.82, 2.24) is 15.3 Å². The maximum atomic E-state index is 12.5. The summed E-state index contributed by atoms with van der Waals surface area (Å²) in [5.74, 6) is 1.11. The first-order valence-electron chi connectivity index (χ1n) is 9.71. The smallest absolute Gasteiger partial charge is 0.270 e. The lowest BCUT2D eigenvalue weighted by atomic mass is 9.97. The molecule has 0 saturated carbocycles. The van der Waals surface area contributed by atoms with Crippen molar-refractivity contribution in [2.75, 3.05) is 11.9 Å². The highest BCUT2D eigenvalue weighted by Gasteiger charge is 2.11. The number of aromatic nitrogens is 2. The molecule has 3 rings (SSSR count). The second-order valence-electron chi connectivity index (χ2n) is 7.14. The van der Waals surface area contributed by atoms with Gasteiger partial charge in [0.1, 0.15) is 17.3 Å². The molecule has 1 aliphatic rings. The van der Waals surface area contributed by atoms with E-state index in [0.29, 0.717) is 30.4 Å².